The lowest BCUT2D eigenvalue weighted by atomic mass is 10.0. The molecule has 122 valence electrons. The van der Waals surface area contributed by atoms with Crippen LogP contribution in [0.15, 0.2) is 60.7 Å². The Morgan fingerprint density at radius 3 is 1.61 bits per heavy atom. The fourth-order valence-corrected chi connectivity index (χ4v) is 2.74. The predicted octanol–water partition coefficient (Wildman–Crippen LogP) is 4.97. The highest BCUT2D eigenvalue weighted by molar-refractivity contribution is 6.73. The van der Waals surface area contributed by atoms with Crippen LogP contribution in [0.3, 0.4) is 0 Å². The van der Waals surface area contributed by atoms with Crippen LogP contribution in [0, 0.1) is 5.21 Å². The molecule has 0 spiro atoms. The van der Waals surface area contributed by atoms with Crippen molar-refractivity contribution >= 4 is 14.0 Å². The van der Waals surface area contributed by atoms with Gasteiger partial charge in [0, 0.05) is 4.90 Å². The molecule has 0 unspecified atom stereocenters. The highest BCUT2D eigenvalue weighted by Gasteiger charge is 2.37. The van der Waals surface area contributed by atoms with Crippen molar-refractivity contribution in [3.05, 3.63) is 77.0 Å². The van der Waals surface area contributed by atoms with Gasteiger partial charge in [-0.3, -0.25) is 5.21 Å². The molecule has 0 aliphatic rings. The maximum Gasteiger partial charge on any atom is 0.281 e. The first-order valence-corrected chi connectivity index (χ1v) is 10.8. The summed E-state index contributed by atoms with van der Waals surface area (Å²) in [5.41, 5.74) is 2.26. The summed E-state index contributed by atoms with van der Waals surface area (Å²) in [4.78, 5) is 0.724. The summed E-state index contributed by atoms with van der Waals surface area (Å²) in [6.07, 6.45) is 0. The summed E-state index contributed by atoms with van der Waals surface area (Å²) in [7, 11) is -2.20. The maximum absolute atomic E-state index is 12.9. The molecule has 0 radical (unpaired) electrons. The monoisotopic (exact) mass is 327 g/mol. The molecule has 2 aromatic rings. The Morgan fingerprint density at radius 2 is 1.26 bits per heavy atom. The summed E-state index contributed by atoms with van der Waals surface area (Å²) >= 11 is 0. The molecule has 0 fully saturated rings. The zero-order chi connectivity index (χ0) is 17.1. The Morgan fingerprint density at radius 1 is 0.870 bits per heavy atom. The van der Waals surface area contributed by atoms with E-state index in [1.807, 2.05) is 60.7 Å². The predicted molar refractivity (Wildman–Crippen MR) is 98.0 cm³/mol. The van der Waals surface area contributed by atoms with Gasteiger partial charge >= 0.3 is 0 Å². The van der Waals surface area contributed by atoms with Gasteiger partial charge in [0.2, 0.25) is 0 Å². The number of hydrogen-bond donors (Lipinski definition) is 0. The van der Waals surface area contributed by atoms with Crippen LogP contribution in [0.1, 0.15) is 31.9 Å². The summed E-state index contributed by atoms with van der Waals surface area (Å²) in [6, 6.07) is 19.3. The zero-order valence-electron chi connectivity index (χ0n) is 14.5. The first kappa shape index (κ1) is 17.3. The molecule has 0 atom stereocenters. The second-order valence-electron chi connectivity index (χ2n) is 7.19. The lowest BCUT2D eigenvalue weighted by Gasteiger charge is -2.37. The lowest BCUT2D eigenvalue weighted by molar-refractivity contribution is -0.704. The lowest BCUT2D eigenvalue weighted by Crippen LogP contribution is -2.44. The Bertz CT molecular complexity index is 632. The molecular formula is C19H25NO2Si. The molecule has 2 aromatic carbocycles. The van der Waals surface area contributed by atoms with Gasteiger partial charge in [-0.15, -0.1) is 0 Å². The molecule has 0 aliphatic heterocycles. The molecule has 0 saturated heterocycles. The number of nitrogens with zero attached hydrogens (tertiary/aromatic N) is 1. The first-order chi connectivity index (χ1) is 10.7. The van der Waals surface area contributed by atoms with Crippen molar-refractivity contribution < 1.29 is 9.43 Å². The van der Waals surface area contributed by atoms with E-state index in [1.54, 1.807) is 0 Å². The van der Waals surface area contributed by atoms with E-state index in [-0.39, 0.29) is 5.04 Å². The van der Waals surface area contributed by atoms with E-state index in [4.69, 9.17) is 4.53 Å². The van der Waals surface area contributed by atoms with Gasteiger partial charge in [0.05, 0.1) is 11.1 Å². The average Bonchev–Trinajstić information content (AvgIpc) is 2.48. The van der Waals surface area contributed by atoms with Crippen LogP contribution in [0.2, 0.25) is 18.1 Å². The molecule has 0 heterocycles. The highest BCUT2D eigenvalue weighted by Crippen LogP contribution is 2.36. The fraction of sp³-hybridized carbons (Fsp3) is 0.316. The summed E-state index contributed by atoms with van der Waals surface area (Å²) in [5, 5.41) is 12.9. The zero-order valence-corrected chi connectivity index (χ0v) is 15.5. The minimum Gasteiger partial charge on any atom is -0.442 e. The Kier molecular flexibility index (Phi) is 4.95. The SMILES string of the molecule is CC(C)(C)[Si](C)(C)O[N+]([O-])=C(c1ccccc1)c1ccccc1. The third-order valence-electron chi connectivity index (χ3n) is 4.39. The molecule has 0 aliphatic carbocycles. The van der Waals surface area contributed by atoms with Crippen molar-refractivity contribution in [3.63, 3.8) is 0 Å². The summed E-state index contributed by atoms with van der Waals surface area (Å²) < 4.78 is 5.95. The van der Waals surface area contributed by atoms with Crippen LogP contribution in [-0.2, 0) is 4.53 Å². The molecule has 2 rings (SSSR count). The van der Waals surface area contributed by atoms with Crippen molar-refractivity contribution in [2.75, 3.05) is 0 Å². The van der Waals surface area contributed by atoms with E-state index in [9.17, 15) is 5.21 Å². The Labute approximate surface area is 139 Å². The van der Waals surface area contributed by atoms with Crippen molar-refractivity contribution in [2.24, 2.45) is 0 Å². The van der Waals surface area contributed by atoms with Gasteiger partial charge in [-0.25, -0.2) is 0 Å². The molecule has 0 amide bonds. The van der Waals surface area contributed by atoms with Crippen molar-refractivity contribution in [2.45, 2.75) is 38.9 Å². The molecule has 0 bridgehead atoms. The Balaban J connectivity index is 2.53. The van der Waals surface area contributed by atoms with Crippen LogP contribution in [-0.4, -0.2) is 18.9 Å². The van der Waals surface area contributed by atoms with Gasteiger partial charge in [-0.2, -0.15) is 0 Å². The third-order valence-corrected chi connectivity index (χ3v) is 8.63. The normalized spacial score (nSPS) is 11.9. The third kappa shape index (κ3) is 4.02. The van der Waals surface area contributed by atoms with E-state index in [0.717, 1.165) is 16.0 Å². The van der Waals surface area contributed by atoms with Crippen LogP contribution in [0.5, 0.6) is 0 Å². The summed E-state index contributed by atoms with van der Waals surface area (Å²) in [5.74, 6) is 0. The second kappa shape index (κ2) is 6.58. The molecule has 0 N–H and O–H groups in total. The van der Waals surface area contributed by atoms with E-state index in [2.05, 4.69) is 33.9 Å². The van der Waals surface area contributed by atoms with E-state index in [0.29, 0.717) is 5.71 Å². The van der Waals surface area contributed by atoms with Crippen molar-refractivity contribution in [3.8, 4) is 0 Å². The van der Waals surface area contributed by atoms with Gasteiger partial charge in [0.1, 0.15) is 0 Å². The molecule has 0 aromatic heterocycles. The average molecular weight is 328 g/mol. The van der Waals surface area contributed by atoms with E-state index >= 15 is 0 Å². The van der Waals surface area contributed by atoms with Gasteiger partial charge in [0.25, 0.3) is 5.71 Å². The summed E-state index contributed by atoms with van der Waals surface area (Å²) in [6.45, 7) is 10.5. The standard InChI is InChI=1S/C19H25NO2Si/c1-19(2,3)23(4,5)22-20(21)18(16-12-8-6-9-13-16)17-14-10-7-11-15-17/h6-15H,1-5H3. The molecule has 4 heteroatoms. The second-order valence-corrected chi connectivity index (χ2v) is 11.9. The topological polar surface area (TPSA) is 35.3 Å². The molecule has 23 heavy (non-hydrogen) atoms. The Hall–Kier alpha value is -2.07. The largest absolute Gasteiger partial charge is 0.442 e. The number of hydrogen-bond acceptors (Lipinski definition) is 2. The minimum atomic E-state index is -2.20. The van der Waals surface area contributed by atoms with Crippen LogP contribution in [0.25, 0.3) is 0 Å². The molecular weight excluding hydrogens is 302 g/mol. The van der Waals surface area contributed by atoms with Gasteiger partial charge < -0.3 is 4.53 Å². The number of rotatable bonds is 4. The smallest absolute Gasteiger partial charge is 0.281 e. The van der Waals surface area contributed by atoms with Crippen LogP contribution < -0.4 is 0 Å². The molecule has 0 saturated carbocycles. The van der Waals surface area contributed by atoms with Crippen molar-refractivity contribution in [1.82, 2.24) is 0 Å². The van der Waals surface area contributed by atoms with Gasteiger partial charge in [0.15, 0.2) is 8.32 Å². The van der Waals surface area contributed by atoms with Crippen LogP contribution in [0.4, 0.5) is 0 Å². The van der Waals surface area contributed by atoms with Gasteiger partial charge in [-0.1, -0.05) is 70.3 Å². The van der Waals surface area contributed by atoms with Crippen LogP contribution >= 0.6 is 0 Å². The highest BCUT2D eigenvalue weighted by atomic mass is 28.4. The first-order valence-electron chi connectivity index (χ1n) is 7.86. The van der Waals surface area contributed by atoms with Crippen molar-refractivity contribution in [1.29, 1.82) is 0 Å². The maximum atomic E-state index is 12.9. The molecule has 3 nitrogen and oxygen atoms in total. The fourth-order valence-electron chi connectivity index (χ4n) is 1.96. The van der Waals surface area contributed by atoms with E-state index in [1.165, 1.54) is 0 Å². The van der Waals surface area contributed by atoms with E-state index < -0.39 is 8.32 Å². The quantitative estimate of drug-likeness (QED) is 0.344. The number of benzene rings is 2. The minimum absolute atomic E-state index is 0.0336. The van der Waals surface area contributed by atoms with Gasteiger partial charge in [-0.05, 0) is 29.3 Å².